The first-order chi connectivity index (χ1) is 12.1. The lowest BCUT2D eigenvalue weighted by Crippen LogP contribution is -2.44. The maximum atomic E-state index is 11.6. The Labute approximate surface area is 146 Å². The minimum atomic E-state index is -0.464. The number of aromatic amines is 1. The van der Waals surface area contributed by atoms with E-state index in [1.54, 1.807) is 12.1 Å². The summed E-state index contributed by atoms with van der Waals surface area (Å²) in [6.45, 7) is 4.26. The van der Waals surface area contributed by atoms with Gasteiger partial charge in [0.05, 0.1) is 11.1 Å². The van der Waals surface area contributed by atoms with Gasteiger partial charge in [0.25, 0.3) is 5.91 Å². The second kappa shape index (κ2) is 6.22. The van der Waals surface area contributed by atoms with Gasteiger partial charge in [-0.3, -0.25) is 4.79 Å². The van der Waals surface area contributed by atoms with Gasteiger partial charge in [0.1, 0.15) is 11.3 Å². The monoisotopic (exact) mass is 335 g/mol. The molecule has 1 aliphatic heterocycles. The van der Waals surface area contributed by atoms with Crippen LogP contribution in [-0.4, -0.2) is 54.0 Å². The molecule has 2 aromatic carbocycles. The normalized spacial score (nSPS) is 15.6. The number of carbonyl (C=O) groups excluding carboxylic acids is 1. The Bertz CT molecular complexity index is 907. The first-order valence-electron chi connectivity index (χ1n) is 8.44. The standard InChI is InChI=1S/C19H21N5O/c1-23-9-11-24(12-10-23)14-7-5-13(6-8-14)19-21-16-4-2-3-15(18(20)25)17(16)22-19/h2-8H,9-12H2,1H3,(H2,20,25)(H,21,22). The number of likely N-dealkylation sites (N-methyl/N-ethyl adjacent to an activating group) is 1. The fraction of sp³-hybridized carbons (Fsp3) is 0.263. The largest absolute Gasteiger partial charge is 0.369 e. The van der Waals surface area contributed by atoms with E-state index in [4.69, 9.17) is 5.73 Å². The number of piperazine rings is 1. The van der Waals surface area contributed by atoms with Gasteiger partial charge in [-0.15, -0.1) is 0 Å². The molecule has 0 unspecified atom stereocenters. The predicted molar refractivity (Wildman–Crippen MR) is 99.8 cm³/mol. The van der Waals surface area contributed by atoms with Crippen LogP contribution in [0.25, 0.3) is 22.4 Å². The number of hydrogen-bond acceptors (Lipinski definition) is 4. The van der Waals surface area contributed by atoms with Crippen LogP contribution in [0.4, 0.5) is 5.69 Å². The van der Waals surface area contributed by atoms with Gasteiger partial charge in [0.15, 0.2) is 0 Å². The average Bonchev–Trinajstić information content (AvgIpc) is 3.06. The van der Waals surface area contributed by atoms with E-state index in [1.807, 2.05) is 6.07 Å². The molecule has 0 atom stereocenters. The molecule has 0 aliphatic carbocycles. The third-order valence-electron chi connectivity index (χ3n) is 4.79. The van der Waals surface area contributed by atoms with E-state index >= 15 is 0 Å². The Kier molecular flexibility index (Phi) is 3.89. The van der Waals surface area contributed by atoms with Gasteiger partial charge in [-0.1, -0.05) is 6.07 Å². The van der Waals surface area contributed by atoms with Crippen molar-refractivity contribution in [1.29, 1.82) is 0 Å². The number of imidazole rings is 1. The quantitative estimate of drug-likeness (QED) is 0.768. The summed E-state index contributed by atoms with van der Waals surface area (Å²) in [5.74, 6) is 0.280. The van der Waals surface area contributed by atoms with Gasteiger partial charge >= 0.3 is 0 Å². The van der Waals surface area contributed by atoms with E-state index in [1.165, 1.54) is 5.69 Å². The minimum Gasteiger partial charge on any atom is -0.369 e. The minimum absolute atomic E-state index is 0.439. The smallest absolute Gasteiger partial charge is 0.250 e. The first-order valence-corrected chi connectivity index (χ1v) is 8.44. The highest BCUT2D eigenvalue weighted by Gasteiger charge is 2.15. The van der Waals surface area contributed by atoms with Gasteiger partial charge in [-0.05, 0) is 43.4 Å². The number of nitrogens with one attached hydrogen (secondary N) is 1. The zero-order valence-corrected chi connectivity index (χ0v) is 14.2. The van der Waals surface area contributed by atoms with Crippen molar-refractivity contribution in [3.63, 3.8) is 0 Å². The number of fused-ring (bicyclic) bond motifs is 1. The molecule has 1 amide bonds. The van der Waals surface area contributed by atoms with Crippen molar-refractivity contribution in [2.75, 3.05) is 38.1 Å². The number of para-hydroxylation sites is 1. The predicted octanol–water partition coefficient (Wildman–Crippen LogP) is 2.08. The average molecular weight is 335 g/mol. The lowest BCUT2D eigenvalue weighted by Gasteiger charge is -2.34. The SMILES string of the molecule is CN1CCN(c2ccc(-c3nc4c(C(N)=O)cccc4[nH]3)cc2)CC1. The molecule has 2 heterocycles. The van der Waals surface area contributed by atoms with Gasteiger partial charge in [-0.2, -0.15) is 0 Å². The maximum absolute atomic E-state index is 11.6. The molecule has 3 N–H and O–H groups in total. The Morgan fingerprint density at radius 3 is 2.48 bits per heavy atom. The lowest BCUT2D eigenvalue weighted by molar-refractivity contribution is 0.100. The lowest BCUT2D eigenvalue weighted by atomic mass is 10.1. The number of hydrogen-bond donors (Lipinski definition) is 2. The molecule has 0 bridgehead atoms. The topological polar surface area (TPSA) is 78.2 Å². The Morgan fingerprint density at radius 1 is 1.08 bits per heavy atom. The highest BCUT2D eigenvalue weighted by Crippen LogP contribution is 2.25. The zero-order valence-electron chi connectivity index (χ0n) is 14.2. The second-order valence-corrected chi connectivity index (χ2v) is 6.49. The molecule has 0 radical (unpaired) electrons. The van der Waals surface area contributed by atoms with Crippen LogP contribution in [-0.2, 0) is 0 Å². The van der Waals surface area contributed by atoms with Gasteiger partial charge in [0.2, 0.25) is 0 Å². The maximum Gasteiger partial charge on any atom is 0.250 e. The molecule has 1 aliphatic rings. The molecule has 3 aromatic rings. The third kappa shape index (κ3) is 2.96. The molecule has 1 aromatic heterocycles. The first kappa shape index (κ1) is 15.7. The molecular formula is C19H21N5O. The van der Waals surface area contributed by atoms with Crippen LogP contribution in [0.1, 0.15) is 10.4 Å². The van der Waals surface area contributed by atoms with Crippen LogP contribution in [0.2, 0.25) is 0 Å². The Balaban J connectivity index is 1.63. The van der Waals surface area contributed by atoms with Gasteiger partial charge in [-0.25, -0.2) is 4.98 Å². The van der Waals surface area contributed by atoms with Crippen molar-refractivity contribution in [2.45, 2.75) is 0 Å². The number of nitrogens with zero attached hydrogens (tertiary/aromatic N) is 3. The highest BCUT2D eigenvalue weighted by molar-refractivity contribution is 6.04. The van der Waals surface area contributed by atoms with Gasteiger partial charge in [0, 0.05) is 37.4 Å². The molecule has 1 saturated heterocycles. The summed E-state index contributed by atoms with van der Waals surface area (Å²) in [5.41, 5.74) is 9.53. The number of primary amides is 1. The number of nitrogens with two attached hydrogens (primary N) is 1. The summed E-state index contributed by atoms with van der Waals surface area (Å²) >= 11 is 0. The fourth-order valence-corrected chi connectivity index (χ4v) is 3.26. The van der Waals surface area contributed by atoms with Crippen LogP contribution < -0.4 is 10.6 Å². The second-order valence-electron chi connectivity index (χ2n) is 6.49. The fourth-order valence-electron chi connectivity index (χ4n) is 3.26. The molecule has 25 heavy (non-hydrogen) atoms. The molecule has 1 fully saturated rings. The van der Waals surface area contributed by atoms with Crippen LogP contribution in [0, 0.1) is 0 Å². The summed E-state index contributed by atoms with van der Waals surface area (Å²) in [7, 11) is 2.16. The van der Waals surface area contributed by atoms with Crippen LogP contribution in [0.15, 0.2) is 42.5 Å². The van der Waals surface area contributed by atoms with Crippen molar-refractivity contribution in [3.8, 4) is 11.4 Å². The number of aromatic nitrogens is 2. The van der Waals surface area contributed by atoms with E-state index in [9.17, 15) is 4.79 Å². The number of rotatable bonds is 3. The molecule has 4 rings (SSSR count). The van der Waals surface area contributed by atoms with Crippen molar-refractivity contribution in [3.05, 3.63) is 48.0 Å². The molecule has 128 valence electrons. The molecular weight excluding hydrogens is 314 g/mol. The van der Waals surface area contributed by atoms with E-state index in [2.05, 4.69) is 51.1 Å². The van der Waals surface area contributed by atoms with Gasteiger partial charge < -0.3 is 20.5 Å². The summed E-state index contributed by atoms with van der Waals surface area (Å²) in [5, 5.41) is 0. The van der Waals surface area contributed by atoms with E-state index in [0.29, 0.717) is 11.1 Å². The number of anilines is 1. The van der Waals surface area contributed by atoms with Crippen molar-refractivity contribution in [2.24, 2.45) is 5.73 Å². The molecule has 6 heteroatoms. The summed E-state index contributed by atoms with van der Waals surface area (Å²) in [6.07, 6.45) is 0. The van der Waals surface area contributed by atoms with Crippen molar-refractivity contribution in [1.82, 2.24) is 14.9 Å². The summed E-state index contributed by atoms with van der Waals surface area (Å²) in [6, 6.07) is 13.8. The number of carbonyl (C=O) groups is 1. The Morgan fingerprint density at radius 2 is 1.80 bits per heavy atom. The molecule has 0 saturated carbocycles. The number of benzene rings is 2. The van der Waals surface area contributed by atoms with Crippen molar-refractivity contribution >= 4 is 22.6 Å². The van der Waals surface area contributed by atoms with Crippen LogP contribution in [0.5, 0.6) is 0 Å². The highest BCUT2D eigenvalue weighted by atomic mass is 16.1. The van der Waals surface area contributed by atoms with E-state index in [-0.39, 0.29) is 0 Å². The third-order valence-corrected chi connectivity index (χ3v) is 4.79. The molecule has 6 nitrogen and oxygen atoms in total. The van der Waals surface area contributed by atoms with E-state index in [0.717, 1.165) is 43.1 Å². The van der Waals surface area contributed by atoms with E-state index < -0.39 is 5.91 Å². The van der Waals surface area contributed by atoms with Crippen molar-refractivity contribution < 1.29 is 4.79 Å². The summed E-state index contributed by atoms with van der Waals surface area (Å²) < 4.78 is 0. The van der Waals surface area contributed by atoms with Crippen LogP contribution >= 0.6 is 0 Å². The number of amides is 1. The molecule has 0 spiro atoms. The Hall–Kier alpha value is -2.86. The summed E-state index contributed by atoms with van der Waals surface area (Å²) in [4.78, 5) is 24.2. The zero-order chi connectivity index (χ0) is 17.4. The number of H-pyrrole nitrogens is 1. The van der Waals surface area contributed by atoms with Crippen LogP contribution in [0.3, 0.4) is 0 Å².